The van der Waals surface area contributed by atoms with Crippen LogP contribution in [0.5, 0.6) is 0 Å². The van der Waals surface area contributed by atoms with Gasteiger partial charge in [-0.1, -0.05) is 13.8 Å². The van der Waals surface area contributed by atoms with Gasteiger partial charge in [-0.2, -0.15) is 11.8 Å². The number of nitrogens with zero attached hydrogens (tertiary/aromatic N) is 2. The lowest BCUT2D eigenvalue weighted by molar-refractivity contribution is 0.00685. The van der Waals surface area contributed by atoms with Gasteiger partial charge in [-0.05, 0) is 0 Å². The molecule has 0 radical (unpaired) electrons. The molecule has 0 aromatic carbocycles. The molecular formula is C13H26N2O2S. The van der Waals surface area contributed by atoms with Crippen LogP contribution in [0.1, 0.15) is 13.8 Å². The van der Waals surface area contributed by atoms with E-state index in [0.29, 0.717) is 10.5 Å². The van der Waals surface area contributed by atoms with Gasteiger partial charge in [0.25, 0.3) is 0 Å². The molecule has 18 heavy (non-hydrogen) atoms. The molecule has 0 aromatic heterocycles. The summed E-state index contributed by atoms with van der Waals surface area (Å²) in [7, 11) is 0. The van der Waals surface area contributed by atoms with Crippen molar-refractivity contribution in [1.29, 1.82) is 0 Å². The number of ether oxygens (including phenoxy) is 1. The molecule has 0 amide bonds. The van der Waals surface area contributed by atoms with E-state index in [-0.39, 0.29) is 6.10 Å². The molecule has 2 aliphatic heterocycles. The van der Waals surface area contributed by atoms with E-state index in [2.05, 4.69) is 35.4 Å². The Morgan fingerprint density at radius 1 is 1.11 bits per heavy atom. The van der Waals surface area contributed by atoms with Gasteiger partial charge in [-0.3, -0.25) is 9.80 Å². The third-order valence-corrected chi connectivity index (χ3v) is 4.76. The fourth-order valence-corrected chi connectivity index (χ4v) is 4.26. The predicted octanol–water partition coefficient (Wildman–Crippen LogP) is 0.505. The molecule has 0 bridgehead atoms. The van der Waals surface area contributed by atoms with Crippen LogP contribution in [0.15, 0.2) is 0 Å². The first-order valence-electron chi connectivity index (χ1n) is 6.99. The van der Waals surface area contributed by atoms with Crippen LogP contribution in [0.2, 0.25) is 0 Å². The lowest BCUT2D eigenvalue weighted by atomic mass is 10.2. The molecule has 0 aliphatic carbocycles. The van der Waals surface area contributed by atoms with Crippen LogP contribution in [0, 0.1) is 0 Å². The number of β-amino-alcohol motifs (C(OH)–C–C–N with tert-alkyl or cyclic N) is 1. The van der Waals surface area contributed by atoms with Crippen LogP contribution < -0.4 is 0 Å². The molecule has 3 unspecified atom stereocenters. The van der Waals surface area contributed by atoms with Crippen LogP contribution in [0.4, 0.5) is 0 Å². The largest absolute Gasteiger partial charge is 0.390 e. The molecule has 0 saturated carbocycles. The third-order valence-electron chi connectivity index (χ3n) is 3.54. The minimum absolute atomic E-state index is 0.231. The average Bonchev–Trinajstić information content (AvgIpc) is 2.28. The Hall–Kier alpha value is 0.190. The zero-order valence-electron chi connectivity index (χ0n) is 11.5. The number of hydrogen-bond acceptors (Lipinski definition) is 5. The van der Waals surface area contributed by atoms with Crippen molar-refractivity contribution in [2.45, 2.75) is 30.5 Å². The van der Waals surface area contributed by atoms with Crippen LogP contribution in [0.25, 0.3) is 0 Å². The Bertz CT molecular complexity index is 239. The SMILES string of the molecule is CC1CN(CC(O)CN2CCOCC2)CC(C)S1. The van der Waals surface area contributed by atoms with Gasteiger partial charge in [-0.15, -0.1) is 0 Å². The van der Waals surface area contributed by atoms with E-state index in [0.717, 1.165) is 52.5 Å². The van der Waals surface area contributed by atoms with Crippen LogP contribution in [-0.4, -0.2) is 84.0 Å². The fourth-order valence-electron chi connectivity index (χ4n) is 2.87. The van der Waals surface area contributed by atoms with E-state index >= 15 is 0 Å². The van der Waals surface area contributed by atoms with Crippen LogP contribution in [-0.2, 0) is 4.74 Å². The van der Waals surface area contributed by atoms with E-state index in [1.165, 1.54) is 0 Å². The third kappa shape index (κ3) is 4.70. The van der Waals surface area contributed by atoms with Crippen molar-refractivity contribution in [1.82, 2.24) is 9.80 Å². The first kappa shape index (κ1) is 14.6. The van der Waals surface area contributed by atoms with Gasteiger partial charge in [0.1, 0.15) is 0 Å². The van der Waals surface area contributed by atoms with Gasteiger partial charge in [0.05, 0.1) is 19.3 Å². The lowest BCUT2D eigenvalue weighted by Crippen LogP contribution is -2.48. The Morgan fingerprint density at radius 3 is 2.28 bits per heavy atom. The maximum Gasteiger partial charge on any atom is 0.0793 e. The number of morpholine rings is 1. The quantitative estimate of drug-likeness (QED) is 0.808. The molecule has 2 heterocycles. The number of aliphatic hydroxyl groups excluding tert-OH is 1. The van der Waals surface area contributed by atoms with Gasteiger partial charge in [0.15, 0.2) is 0 Å². The summed E-state index contributed by atoms with van der Waals surface area (Å²) < 4.78 is 5.32. The number of thioether (sulfide) groups is 1. The second kappa shape index (κ2) is 7.10. The molecular weight excluding hydrogens is 248 g/mol. The van der Waals surface area contributed by atoms with Gasteiger partial charge in [-0.25, -0.2) is 0 Å². The van der Waals surface area contributed by atoms with Crippen LogP contribution in [0.3, 0.4) is 0 Å². The van der Waals surface area contributed by atoms with E-state index in [1.807, 2.05) is 0 Å². The Morgan fingerprint density at radius 2 is 1.67 bits per heavy atom. The number of rotatable bonds is 4. The summed E-state index contributed by atoms with van der Waals surface area (Å²) in [5.41, 5.74) is 0. The molecule has 0 aromatic rings. The molecule has 106 valence electrons. The van der Waals surface area contributed by atoms with E-state index < -0.39 is 0 Å². The first-order valence-corrected chi connectivity index (χ1v) is 7.93. The summed E-state index contributed by atoms with van der Waals surface area (Å²) in [6.45, 7) is 11.9. The Kier molecular flexibility index (Phi) is 5.76. The van der Waals surface area contributed by atoms with Gasteiger partial charge >= 0.3 is 0 Å². The van der Waals surface area contributed by atoms with Crippen LogP contribution >= 0.6 is 11.8 Å². The van der Waals surface area contributed by atoms with Crippen molar-refractivity contribution in [3.63, 3.8) is 0 Å². The van der Waals surface area contributed by atoms with Gasteiger partial charge in [0, 0.05) is 49.8 Å². The number of hydrogen-bond donors (Lipinski definition) is 1. The summed E-state index contributed by atoms with van der Waals surface area (Å²) in [4.78, 5) is 4.72. The number of aliphatic hydroxyl groups is 1. The highest BCUT2D eigenvalue weighted by Crippen LogP contribution is 2.24. The highest BCUT2D eigenvalue weighted by atomic mass is 32.2. The Labute approximate surface area is 115 Å². The van der Waals surface area contributed by atoms with E-state index in [4.69, 9.17) is 4.74 Å². The average molecular weight is 274 g/mol. The molecule has 1 N–H and O–H groups in total. The smallest absolute Gasteiger partial charge is 0.0793 e. The summed E-state index contributed by atoms with van der Waals surface area (Å²) in [5.74, 6) is 0. The highest BCUT2D eigenvalue weighted by molar-refractivity contribution is 8.00. The topological polar surface area (TPSA) is 35.9 Å². The molecule has 0 spiro atoms. The van der Waals surface area contributed by atoms with E-state index in [1.54, 1.807) is 0 Å². The standard InChI is InChI=1S/C13H26N2O2S/c1-11-7-15(8-12(2)18-11)10-13(16)9-14-3-5-17-6-4-14/h11-13,16H,3-10H2,1-2H3. The first-order chi connectivity index (χ1) is 8.63. The molecule has 3 atom stereocenters. The predicted molar refractivity (Wildman–Crippen MR) is 76.2 cm³/mol. The molecule has 2 fully saturated rings. The summed E-state index contributed by atoms with van der Waals surface area (Å²) in [5, 5.41) is 11.6. The summed E-state index contributed by atoms with van der Waals surface area (Å²) >= 11 is 2.06. The molecule has 2 aliphatic rings. The normalized spacial score (nSPS) is 33.5. The van der Waals surface area contributed by atoms with Crippen molar-refractivity contribution in [2.75, 3.05) is 52.5 Å². The van der Waals surface area contributed by atoms with Crippen molar-refractivity contribution in [3.8, 4) is 0 Å². The van der Waals surface area contributed by atoms with E-state index in [9.17, 15) is 5.11 Å². The zero-order chi connectivity index (χ0) is 13.0. The maximum atomic E-state index is 10.2. The molecule has 4 nitrogen and oxygen atoms in total. The summed E-state index contributed by atoms with van der Waals surface area (Å²) in [6.07, 6.45) is -0.231. The van der Waals surface area contributed by atoms with Crippen molar-refractivity contribution >= 4 is 11.8 Å². The maximum absolute atomic E-state index is 10.2. The lowest BCUT2D eigenvalue weighted by Gasteiger charge is -2.36. The van der Waals surface area contributed by atoms with Crippen molar-refractivity contribution in [2.24, 2.45) is 0 Å². The summed E-state index contributed by atoms with van der Waals surface area (Å²) in [6, 6.07) is 0. The highest BCUT2D eigenvalue weighted by Gasteiger charge is 2.24. The van der Waals surface area contributed by atoms with Gasteiger partial charge < -0.3 is 9.84 Å². The second-order valence-electron chi connectivity index (χ2n) is 5.54. The fraction of sp³-hybridized carbons (Fsp3) is 1.00. The van der Waals surface area contributed by atoms with Crippen molar-refractivity contribution < 1.29 is 9.84 Å². The van der Waals surface area contributed by atoms with Gasteiger partial charge in [0.2, 0.25) is 0 Å². The molecule has 2 rings (SSSR count). The molecule has 5 heteroatoms. The second-order valence-corrected chi connectivity index (χ2v) is 7.42. The van der Waals surface area contributed by atoms with Crippen molar-refractivity contribution in [3.05, 3.63) is 0 Å². The Balaban J connectivity index is 1.70. The molecule has 2 saturated heterocycles. The monoisotopic (exact) mass is 274 g/mol. The minimum Gasteiger partial charge on any atom is -0.390 e. The minimum atomic E-state index is -0.231. The zero-order valence-corrected chi connectivity index (χ0v) is 12.4.